The van der Waals surface area contributed by atoms with Crippen molar-refractivity contribution in [3.8, 4) is 0 Å². The van der Waals surface area contributed by atoms with E-state index in [0.29, 0.717) is 6.04 Å². The molecule has 1 aliphatic rings. The lowest BCUT2D eigenvalue weighted by Crippen LogP contribution is -2.27. The Hall–Kier alpha value is -0.870. The Kier molecular flexibility index (Phi) is 6.24. The lowest BCUT2D eigenvalue weighted by Gasteiger charge is -2.18. The van der Waals surface area contributed by atoms with Crippen LogP contribution in [0.1, 0.15) is 70.3 Å². The van der Waals surface area contributed by atoms with Crippen LogP contribution in [0.4, 0.5) is 0 Å². The molecule has 4 heteroatoms. The Morgan fingerprint density at radius 3 is 2.62 bits per heavy atom. The van der Waals surface area contributed by atoms with Crippen LogP contribution in [0, 0.1) is 0 Å². The van der Waals surface area contributed by atoms with E-state index >= 15 is 0 Å². The van der Waals surface area contributed by atoms with E-state index in [1.54, 1.807) is 0 Å². The molecule has 0 atom stereocenters. The zero-order chi connectivity index (χ0) is 15.2. The fourth-order valence-corrected chi connectivity index (χ4v) is 2.80. The molecule has 1 fully saturated rings. The number of nitrogens with one attached hydrogen (secondary N) is 1. The molecule has 2 rings (SSSR count). The van der Waals surface area contributed by atoms with Crippen LogP contribution >= 0.6 is 0 Å². The van der Waals surface area contributed by atoms with E-state index < -0.39 is 0 Å². The van der Waals surface area contributed by atoms with E-state index in [1.165, 1.54) is 37.2 Å². The minimum absolute atomic E-state index is 0.449. The van der Waals surface area contributed by atoms with E-state index in [1.807, 2.05) is 0 Å². The molecule has 0 unspecified atom stereocenters. The molecule has 0 radical (unpaired) electrons. The van der Waals surface area contributed by atoms with Gasteiger partial charge in [-0.1, -0.05) is 13.8 Å². The summed E-state index contributed by atoms with van der Waals surface area (Å²) >= 11 is 0. The number of aromatic nitrogens is 2. The molecule has 1 N–H and O–H groups in total. The third kappa shape index (κ3) is 4.82. The fourth-order valence-electron chi connectivity index (χ4n) is 2.80. The molecule has 1 aromatic rings. The summed E-state index contributed by atoms with van der Waals surface area (Å²) in [7, 11) is 0. The highest BCUT2D eigenvalue weighted by Crippen LogP contribution is 2.39. The van der Waals surface area contributed by atoms with E-state index in [2.05, 4.69) is 48.7 Å². The van der Waals surface area contributed by atoms with Gasteiger partial charge in [0.25, 0.3) is 0 Å². The maximum Gasteiger partial charge on any atom is 0.0659 e. The van der Waals surface area contributed by atoms with Crippen molar-refractivity contribution < 1.29 is 0 Å². The predicted octanol–water partition coefficient (Wildman–Crippen LogP) is 3.16. The third-order valence-electron chi connectivity index (χ3n) is 4.35. The molecule has 0 aliphatic heterocycles. The normalized spacial score (nSPS) is 15.3. The van der Waals surface area contributed by atoms with E-state index in [-0.39, 0.29) is 0 Å². The average molecular weight is 292 g/mol. The molecule has 1 aromatic heterocycles. The molecule has 0 saturated heterocycles. The number of rotatable bonds is 10. The molecule has 0 spiro atoms. The maximum atomic E-state index is 4.79. The highest BCUT2D eigenvalue weighted by atomic mass is 15.3. The van der Waals surface area contributed by atoms with Gasteiger partial charge in [-0.3, -0.25) is 4.68 Å². The third-order valence-corrected chi connectivity index (χ3v) is 4.35. The summed E-state index contributed by atoms with van der Waals surface area (Å²) in [5, 5.41) is 8.38. The van der Waals surface area contributed by atoms with Crippen LogP contribution in [-0.4, -0.2) is 40.9 Å². The maximum absolute atomic E-state index is 4.79. The molecular formula is C17H32N4. The van der Waals surface area contributed by atoms with Crippen LogP contribution in [0.15, 0.2) is 6.07 Å². The largest absolute Gasteiger partial charge is 0.311 e. The Balaban J connectivity index is 1.77. The van der Waals surface area contributed by atoms with Crippen LogP contribution in [0.25, 0.3) is 0 Å². The molecule has 1 saturated carbocycles. The molecule has 0 bridgehead atoms. The Morgan fingerprint density at radius 2 is 2.05 bits per heavy atom. The first-order valence-electron chi connectivity index (χ1n) is 8.67. The molecular weight excluding hydrogens is 260 g/mol. The molecule has 1 aliphatic carbocycles. The average Bonchev–Trinajstić information content (AvgIpc) is 3.23. The fraction of sp³-hybridized carbons (Fsp3) is 0.824. The number of hydrogen-bond donors (Lipinski definition) is 1. The quantitative estimate of drug-likeness (QED) is 0.672. The smallest absolute Gasteiger partial charge is 0.0659 e. The number of nitrogens with zero attached hydrogens (tertiary/aromatic N) is 3. The highest BCUT2D eigenvalue weighted by Gasteiger charge is 2.27. The van der Waals surface area contributed by atoms with Gasteiger partial charge in [0.05, 0.1) is 11.4 Å². The van der Waals surface area contributed by atoms with Gasteiger partial charge in [-0.25, -0.2) is 0 Å². The second-order valence-corrected chi connectivity index (χ2v) is 6.43. The minimum atomic E-state index is 0.449. The predicted molar refractivity (Wildman–Crippen MR) is 88.7 cm³/mol. The molecule has 0 amide bonds. The number of hydrogen-bond acceptors (Lipinski definition) is 3. The van der Waals surface area contributed by atoms with Crippen molar-refractivity contribution in [3.05, 3.63) is 17.5 Å². The van der Waals surface area contributed by atoms with Gasteiger partial charge < -0.3 is 10.2 Å². The first kappa shape index (κ1) is 16.5. The van der Waals surface area contributed by atoms with Crippen molar-refractivity contribution in [2.45, 2.75) is 65.5 Å². The first-order chi connectivity index (χ1) is 10.2. The molecule has 21 heavy (non-hydrogen) atoms. The topological polar surface area (TPSA) is 33.1 Å². The van der Waals surface area contributed by atoms with E-state index in [0.717, 1.165) is 32.1 Å². The summed E-state index contributed by atoms with van der Waals surface area (Å²) in [4.78, 5) is 2.48. The SMILES string of the molecule is CCN(CC)CCCNCc1cc(C2CC2)nn1C(C)C. The van der Waals surface area contributed by atoms with Gasteiger partial charge in [-0.05, 0) is 65.4 Å². The van der Waals surface area contributed by atoms with Crippen LogP contribution in [0.5, 0.6) is 0 Å². The summed E-state index contributed by atoms with van der Waals surface area (Å²) in [6.45, 7) is 14.4. The Bertz CT molecular complexity index is 416. The van der Waals surface area contributed by atoms with Crippen molar-refractivity contribution in [2.75, 3.05) is 26.2 Å². The standard InChI is InChI=1S/C17H32N4/c1-5-20(6-2)11-7-10-18-13-16-12-17(15-8-9-15)19-21(16)14(3)4/h12,14-15,18H,5-11,13H2,1-4H3. The van der Waals surface area contributed by atoms with Gasteiger partial charge >= 0.3 is 0 Å². The minimum Gasteiger partial charge on any atom is -0.311 e. The zero-order valence-corrected chi connectivity index (χ0v) is 14.2. The van der Waals surface area contributed by atoms with Gasteiger partial charge in [-0.2, -0.15) is 5.10 Å². The van der Waals surface area contributed by atoms with Crippen LogP contribution < -0.4 is 5.32 Å². The molecule has 0 aromatic carbocycles. The van der Waals surface area contributed by atoms with Crippen molar-refractivity contribution in [1.29, 1.82) is 0 Å². The van der Waals surface area contributed by atoms with Crippen molar-refractivity contribution >= 4 is 0 Å². The van der Waals surface area contributed by atoms with Gasteiger partial charge in [0.2, 0.25) is 0 Å². The second kappa shape index (κ2) is 7.95. The summed E-state index contributed by atoms with van der Waals surface area (Å²) in [5.41, 5.74) is 2.65. The van der Waals surface area contributed by atoms with Gasteiger partial charge in [0, 0.05) is 18.5 Å². The summed E-state index contributed by atoms with van der Waals surface area (Å²) < 4.78 is 2.20. The van der Waals surface area contributed by atoms with E-state index in [9.17, 15) is 0 Å². The lowest BCUT2D eigenvalue weighted by atomic mass is 10.2. The van der Waals surface area contributed by atoms with E-state index in [4.69, 9.17) is 5.10 Å². The molecule has 1 heterocycles. The lowest BCUT2D eigenvalue weighted by molar-refractivity contribution is 0.297. The Morgan fingerprint density at radius 1 is 1.33 bits per heavy atom. The summed E-state index contributed by atoms with van der Waals surface area (Å²) in [6, 6.07) is 2.76. The van der Waals surface area contributed by atoms with Crippen molar-refractivity contribution in [2.24, 2.45) is 0 Å². The first-order valence-corrected chi connectivity index (χ1v) is 8.67. The van der Waals surface area contributed by atoms with Crippen LogP contribution in [0.2, 0.25) is 0 Å². The van der Waals surface area contributed by atoms with Crippen LogP contribution in [0.3, 0.4) is 0 Å². The molecule has 4 nitrogen and oxygen atoms in total. The van der Waals surface area contributed by atoms with Gasteiger partial charge in [-0.15, -0.1) is 0 Å². The van der Waals surface area contributed by atoms with Gasteiger partial charge in [0.1, 0.15) is 0 Å². The highest BCUT2D eigenvalue weighted by molar-refractivity contribution is 5.19. The van der Waals surface area contributed by atoms with Gasteiger partial charge in [0.15, 0.2) is 0 Å². The summed E-state index contributed by atoms with van der Waals surface area (Å²) in [5.74, 6) is 0.742. The molecule has 120 valence electrons. The van der Waals surface area contributed by atoms with Crippen molar-refractivity contribution in [1.82, 2.24) is 20.0 Å². The zero-order valence-electron chi connectivity index (χ0n) is 14.2. The second-order valence-electron chi connectivity index (χ2n) is 6.43. The summed E-state index contributed by atoms with van der Waals surface area (Å²) in [6.07, 6.45) is 3.87. The van der Waals surface area contributed by atoms with Crippen molar-refractivity contribution in [3.63, 3.8) is 0 Å². The monoisotopic (exact) mass is 292 g/mol. The van der Waals surface area contributed by atoms with Crippen LogP contribution in [-0.2, 0) is 6.54 Å². The Labute approximate surface area is 129 Å².